The Labute approximate surface area is 113 Å². The molecule has 102 valence electrons. The third-order valence-electron chi connectivity index (χ3n) is 2.14. The summed E-state index contributed by atoms with van der Waals surface area (Å²) in [4.78, 5) is 3.97. The number of fused-ring (bicyclic) bond motifs is 1. The number of rotatable bonds is 2. The van der Waals surface area contributed by atoms with E-state index >= 15 is 0 Å². The highest BCUT2D eigenvalue weighted by atomic mass is 79.9. The van der Waals surface area contributed by atoms with Crippen LogP contribution in [0.4, 0.5) is 13.2 Å². The van der Waals surface area contributed by atoms with Crippen LogP contribution < -0.4 is 9.58 Å². The molecule has 2 rings (SSSR count). The summed E-state index contributed by atoms with van der Waals surface area (Å²) in [5, 5.41) is 14.9. The molecule has 0 amide bonds. The van der Waals surface area contributed by atoms with Crippen molar-refractivity contribution >= 4 is 27.0 Å². The minimum Gasteiger partial charge on any atom is -0.594 e. The Morgan fingerprint density at radius 2 is 2.11 bits per heavy atom. The van der Waals surface area contributed by atoms with E-state index in [1.165, 1.54) is 6.07 Å². The number of halogens is 4. The normalized spacial score (nSPS) is 11.8. The Morgan fingerprint density at radius 1 is 1.42 bits per heavy atom. The van der Waals surface area contributed by atoms with Crippen molar-refractivity contribution < 1.29 is 22.8 Å². The Kier molecular flexibility index (Phi) is 3.48. The molecule has 0 saturated carbocycles. The van der Waals surface area contributed by atoms with Crippen LogP contribution in [0.5, 0.6) is 6.01 Å². The molecule has 0 fully saturated rings. The van der Waals surface area contributed by atoms with Gasteiger partial charge in [-0.1, -0.05) is 0 Å². The van der Waals surface area contributed by atoms with E-state index in [-0.39, 0.29) is 15.9 Å². The molecule has 0 aliphatic rings. The summed E-state index contributed by atoms with van der Waals surface area (Å²) < 4.78 is 40.9. The number of aryl methyl sites for hydroxylation is 1. The molecule has 0 bridgehead atoms. The fourth-order valence-corrected chi connectivity index (χ4v) is 2.08. The highest BCUT2D eigenvalue weighted by Gasteiger charge is 2.29. The Balaban J connectivity index is 2.44. The molecule has 2 aromatic rings. The number of hydrogen-bond acceptors (Lipinski definition) is 4. The van der Waals surface area contributed by atoms with Gasteiger partial charge in [-0.2, -0.15) is 18.2 Å². The van der Waals surface area contributed by atoms with Gasteiger partial charge in [-0.3, -0.25) is 0 Å². The number of alkyl halides is 3. The molecule has 0 aliphatic heterocycles. The number of nitrogens with zero attached hydrogens (tertiary/aromatic N) is 3. The SMILES string of the molecule is Cc1cc(Br)c2nc(OCC(F)(F)F)n[n+]([O-])c2c1. The molecular weight excluding hydrogens is 331 g/mol. The number of aromatic nitrogens is 3. The number of hydrogen-bond donors (Lipinski definition) is 0. The zero-order valence-electron chi connectivity index (χ0n) is 9.53. The van der Waals surface area contributed by atoms with Crippen LogP contribution in [0.3, 0.4) is 0 Å². The minimum absolute atomic E-state index is 0.145. The lowest BCUT2D eigenvalue weighted by Gasteiger charge is -2.08. The van der Waals surface area contributed by atoms with Gasteiger partial charge in [-0.25, -0.2) is 0 Å². The first-order valence-electron chi connectivity index (χ1n) is 5.03. The summed E-state index contributed by atoms with van der Waals surface area (Å²) in [7, 11) is 0. The molecule has 1 heterocycles. The average Bonchev–Trinajstić information content (AvgIpc) is 2.27. The lowest BCUT2D eigenvalue weighted by atomic mass is 10.2. The number of benzene rings is 1. The Hall–Kier alpha value is -1.64. The summed E-state index contributed by atoms with van der Waals surface area (Å²) >= 11 is 3.19. The van der Waals surface area contributed by atoms with Crippen LogP contribution in [0, 0.1) is 12.1 Å². The van der Waals surface area contributed by atoms with Crippen LogP contribution in [0.15, 0.2) is 16.6 Å². The zero-order chi connectivity index (χ0) is 14.2. The molecule has 9 heteroatoms. The van der Waals surface area contributed by atoms with Gasteiger partial charge in [0.1, 0.15) is 0 Å². The molecule has 0 spiro atoms. The van der Waals surface area contributed by atoms with Gasteiger partial charge in [0.2, 0.25) is 0 Å². The molecule has 0 radical (unpaired) electrons. The van der Waals surface area contributed by atoms with Crippen LogP contribution in [-0.4, -0.2) is 22.9 Å². The van der Waals surface area contributed by atoms with Gasteiger partial charge >= 0.3 is 12.2 Å². The third kappa shape index (κ3) is 3.22. The second-order valence-corrected chi connectivity index (χ2v) is 4.64. The second-order valence-electron chi connectivity index (χ2n) is 3.79. The highest BCUT2D eigenvalue weighted by molar-refractivity contribution is 9.10. The van der Waals surface area contributed by atoms with Crippen LogP contribution in [0.2, 0.25) is 0 Å². The van der Waals surface area contributed by atoms with Crippen molar-refractivity contribution in [1.82, 2.24) is 10.1 Å². The maximum absolute atomic E-state index is 12.0. The molecule has 0 N–H and O–H groups in total. The fourth-order valence-electron chi connectivity index (χ4n) is 1.43. The van der Waals surface area contributed by atoms with E-state index in [9.17, 15) is 18.4 Å². The maximum Gasteiger partial charge on any atom is 0.422 e. The topological polar surface area (TPSA) is 62.0 Å². The van der Waals surface area contributed by atoms with Crippen molar-refractivity contribution in [1.29, 1.82) is 0 Å². The summed E-state index contributed by atoms with van der Waals surface area (Å²) in [6, 6.07) is 2.59. The Morgan fingerprint density at radius 3 is 2.74 bits per heavy atom. The van der Waals surface area contributed by atoms with Gasteiger partial charge in [-0.05, 0) is 39.3 Å². The van der Waals surface area contributed by atoms with E-state index in [1.54, 1.807) is 13.0 Å². The summed E-state index contributed by atoms with van der Waals surface area (Å²) in [6.07, 6.45) is -4.52. The molecule has 0 unspecified atom stereocenters. The predicted octanol–water partition coefficient (Wildman–Crippen LogP) is 2.28. The molecule has 0 aliphatic carbocycles. The minimum atomic E-state index is -4.52. The average molecular weight is 338 g/mol. The Bertz CT molecular complexity index is 633. The van der Waals surface area contributed by atoms with E-state index in [0.717, 1.165) is 5.56 Å². The van der Waals surface area contributed by atoms with E-state index < -0.39 is 18.8 Å². The van der Waals surface area contributed by atoms with Crippen LogP contribution in [-0.2, 0) is 0 Å². The van der Waals surface area contributed by atoms with E-state index in [2.05, 4.69) is 30.7 Å². The molecule has 19 heavy (non-hydrogen) atoms. The lowest BCUT2D eigenvalue weighted by molar-refractivity contribution is -0.643. The molecular formula is C10H7BrF3N3O2. The first-order valence-corrected chi connectivity index (χ1v) is 5.83. The van der Waals surface area contributed by atoms with Gasteiger partial charge in [0.05, 0.1) is 9.57 Å². The van der Waals surface area contributed by atoms with E-state index in [1.807, 2.05) is 0 Å². The first-order chi connectivity index (χ1) is 8.76. The highest BCUT2D eigenvalue weighted by Crippen LogP contribution is 2.23. The summed E-state index contributed by atoms with van der Waals surface area (Å²) in [5.74, 6) is 0. The smallest absolute Gasteiger partial charge is 0.422 e. The van der Waals surface area contributed by atoms with Crippen LogP contribution in [0.1, 0.15) is 5.56 Å². The van der Waals surface area contributed by atoms with Crippen molar-refractivity contribution in [2.75, 3.05) is 6.61 Å². The van der Waals surface area contributed by atoms with Crippen LogP contribution in [0.25, 0.3) is 11.0 Å². The monoisotopic (exact) mass is 337 g/mol. The van der Waals surface area contributed by atoms with Gasteiger partial charge in [0.25, 0.3) is 5.52 Å². The summed E-state index contributed by atoms with van der Waals surface area (Å²) in [5.41, 5.74) is 1.12. The molecule has 1 aromatic carbocycles. The second kappa shape index (κ2) is 4.80. The van der Waals surface area contributed by atoms with Crippen molar-refractivity contribution in [3.8, 4) is 6.01 Å². The molecule has 1 aromatic heterocycles. The van der Waals surface area contributed by atoms with E-state index in [4.69, 9.17) is 0 Å². The van der Waals surface area contributed by atoms with Crippen molar-refractivity contribution in [2.45, 2.75) is 13.1 Å². The molecule has 5 nitrogen and oxygen atoms in total. The van der Waals surface area contributed by atoms with Gasteiger partial charge < -0.3 is 9.94 Å². The largest absolute Gasteiger partial charge is 0.594 e. The van der Waals surface area contributed by atoms with Crippen molar-refractivity contribution in [3.05, 3.63) is 27.4 Å². The zero-order valence-corrected chi connectivity index (χ0v) is 11.1. The van der Waals surface area contributed by atoms with Crippen molar-refractivity contribution in [3.63, 3.8) is 0 Å². The standard InChI is InChI=1S/C10H7BrF3N3O2/c1-5-2-6(11)8-7(3-5)17(18)16-9(15-8)19-4-10(12,13)14/h2-3H,4H2,1H3. The first kappa shape index (κ1) is 13.8. The molecule has 0 atom stereocenters. The van der Waals surface area contributed by atoms with Gasteiger partial charge in [0, 0.05) is 6.07 Å². The van der Waals surface area contributed by atoms with Gasteiger partial charge in [0.15, 0.2) is 12.1 Å². The van der Waals surface area contributed by atoms with Crippen LogP contribution >= 0.6 is 15.9 Å². The fraction of sp³-hybridized carbons (Fsp3) is 0.300. The quantitative estimate of drug-likeness (QED) is 0.623. The predicted molar refractivity (Wildman–Crippen MR) is 62.5 cm³/mol. The third-order valence-corrected chi connectivity index (χ3v) is 2.75. The van der Waals surface area contributed by atoms with E-state index in [0.29, 0.717) is 4.47 Å². The van der Waals surface area contributed by atoms with Crippen molar-refractivity contribution in [2.24, 2.45) is 0 Å². The molecule has 0 saturated heterocycles. The lowest BCUT2D eigenvalue weighted by Crippen LogP contribution is -2.34. The summed E-state index contributed by atoms with van der Waals surface area (Å²) in [6.45, 7) is 0.209. The van der Waals surface area contributed by atoms with Gasteiger partial charge in [-0.15, -0.1) is 0 Å². The maximum atomic E-state index is 12.0. The number of ether oxygens (including phenoxy) is 1.